The number of ketones is 1. The molecule has 0 spiro atoms. The lowest BCUT2D eigenvalue weighted by Crippen LogP contribution is -2.06. The first-order chi connectivity index (χ1) is 10.0. The van der Waals surface area contributed by atoms with Gasteiger partial charge in [0.05, 0.1) is 6.61 Å². The van der Waals surface area contributed by atoms with Crippen molar-refractivity contribution in [2.75, 3.05) is 6.61 Å². The summed E-state index contributed by atoms with van der Waals surface area (Å²) in [5.41, 5.74) is 2.90. The summed E-state index contributed by atoms with van der Waals surface area (Å²) >= 11 is 3.46. The molecule has 0 amide bonds. The maximum Gasteiger partial charge on any atom is 0.167 e. The van der Waals surface area contributed by atoms with Crippen molar-refractivity contribution in [3.8, 4) is 5.75 Å². The molecule has 0 saturated heterocycles. The Morgan fingerprint density at radius 2 is 2.14 bits per heavy atom. The van der Waals surface area contributed by atoms with Gasteiger partial charge in [-0.2, -0.15) is 0 Å². The average Bonchev–Trinajstić information content (AvgIpc) is 2.90. The topological polar surface area (TPSA) is 26.3 Å². The Balaban J connectivity index is 1.90. The fourth-order valence-electron chi connectivity index (χ4n) is 2.52. The van der Waals surface area contributed by atoms with Crippen molar-refractivity contribution >= 4 is 21.7 Å². The number of carbonyl (C=O) groups excluding carboxylic acids is 1. The Kier molecular flexibility index (Phi) is 3.81. The van der Waals surface area contributed by atoms with Gasteiger partial charge in [-0.1, -0.05) is 28.1 Å². The van der Waals surface area contributed by atoms with Crippen LogP contribution >= 0.6 is 15.9 Å². The van der Waals surface area contributed by atoms with E-state index in [1.54, 1.807) is 19.1 Å². The first-order valence-electron chi connectivity index (χ1n) is 6.78. The van der Waals surface area contributed by atoms with E-state index in [0.29, 0.717) is 17.7 Å². The van der Waals surface area contributed by atoms with Crippen molar-refractivity contribution < 1.29 is 13.9 Å². The summed E-state index contributed by atoms with van der Waals surface area (Å²) in [5, 5.41) is 0. The number of hydrogen-bond acceptors (Lipinski definition) is 2. The van der Waals surface area contributed by atoms with Crippen LogP contribution in [0.4, 0.5) is 4.39 Å². The summed E-state index contributed by atoms with van der Waals surface area (Å²) < 4.78 is 20.1. The van der Waals surface area contributed by atoms with Crippen LogP contribution in [0.5, 0.6) is 5.75 Å². The average molecular weight is 349 g/mol. The predicted octanol–water partition coefficient (Wildman–Crippen LogP) is 4.26. The first-order valence-corrected chi connectivity index (χ1v) is 7.57. The van der Waals surface area contributed by atoms with Crippen molar-refractivity contribution in [3.63, 3.8) is 0 Å². The highest BCUT2D eigenvalue weighted by Gasteiger charge is 2.20. The second-order valence-electron chi connectivity index (χ2n) is 5.22. The number of ether oxygens (including phenoxy) is 1. The van der Waals surface area contributed by atoms with Gasteiger partial charge < -0.3 is 4.74 Å². The van der Waals surface area contributed by atoms with E-state index in [1.807, 2.05) is 12.1 Å². The van der Waals surface area contributed by atoms with E-state index in [0.717, 1.165) is 27.8 Å². The predicted molar refractivity (Wildman–Crippen MR) is 82.5 cm³/mol. The van der Waals surface area contributed by atoms with Gasteiger partial charge in [-0.05, 0) is 36.2 Å². The molecule has 0 radical (unpaired) electrons. The summed E-state index contributed by atoms with van der Waals surface area (Å²) in [6.07, 6.45) is 1.07. The third kappa shape index (κ3) is 2.86. The minimum atomic E-state index is -0.350. The third-order valence-electron chi connectivity index (χ3n) is 3.67. The van der Waals surface area contributed by atoms with Crippen molar-refractivity contribution in [1.82, 2.24) is 0 Å². The zero-order valence-electron chi connectivity index (χ0n) is 11.6. The van der Waals surface area contributed by atoms with E-state index in [4.69, 9.17) is 4.74 Å². The standard InChI is InChI=1S/C17H14BrFO2/c1-10-2-3-11(8-15(10)19)16(20)9-13-7-14(18)6-12-4-5-21-17(12)13/h2-3,6-8H,4-5,9H2,1H3. The molecule has 2 aromatic carbocycles. The summed E-state index contributed by atoms with van der Waals surface area (Å²) in [4.78, 5) is 12.4. The number of carbonyl (C=O) groups is 1. The van der Waals surface area contributed by atoms with Crippen molar-refractivity contribution in [1.29, 1.82) is 0 Å². The van der Waals surface area contributed by atoms with Crippen LogP contribution in [0.1, 0.15) is 27.0 Å². The fourth-order valence-corrected chi connectivity index (χ4v) is 3.07. The van der Waals surface area contributed by atoms with Crippen LogP contribution in [-0.2, 0) is 12.8 Å². The third-order valence-corrected chi connectivity index (χ3v) is 4.13. The molecule has 0 bridgehead atoms. The van der Waals surface area contributed by atoms with Gasteiger partial charge in [0.15, 0.2) is 5.78 Å². The van der Waals surface area contributed by atoms with Gasteiger partial charge in [0, 0.05) is 28.4 Å². The van der Waals surface area contributed by atoms with E-state index >= 15 is 0 Å². The Bertz CT molecular complexity index is 725. The van der Waals surface area contributed by atoms with Crippen LogP contribution in [0.15, 0.2) is 34.8 Å². The van der Waals surface area contributed by atoms with E-state index in [1.165, 1.54) is 6.07 Å². The number of Topliss-reactive ketones (excluding diaryl/α,β-unsaturated/α-hetero) is 1. The molecule has 1 aliphatic heterocycles. The van der Waals surface area contributed by atoms with Gasteiger partial charge in [-0.15, -0.1) is 0 Å². The van der Waals surface area contributed by atoms with Crippen LogP contribution in [0.25, 0.3) is 0 Å². The van der Waals surface area contributed by atoms with Gasteiger partial charge in [-0.3, -0.25) is 4.79 Å². The second kappa shape index (κ2) is 5.60. The SMILES string of the molecule is Cc1ccc(C(=O)Cc2cc(Br)cc3c2OCC3)cc1F. The van der Waals surface area contributed by atoms with Gasteiger partial charge in [-0.25, -0.2) is 4.39 Å². The molecule has 0 unspecified atom stereocenters. The number of aryl methyl sites for hydroxylation is 1. The molecule has 0 saturated carbocycles. The van der Waals surface area contributed by atoms with Gasteiger partial charge in [0.25, 0.3) is 0 Å². The van der Waals surface area contributed by atoms with E-state index < -0.39 is 0 Å². The van der Waals surface area contributed by atoms with Gasteiger partial charge in [0.2, 0.25) is 0 Å². The molecule has 108 valence electrons. The van der Waals surface area contributed by atoms with Crippen LogP contribution < -0.4 is 4.74 Å². The van der Waals surface area contributed by atoms with Crippen molar-refractivity contribution in [2.45, 2.75) is 19.8 Å². The van der Waals surface area contributed by atoms with Gasteiger partial charge in [0.1, 0.15) is 11.6 Å². The Morgan fingerprint density at radius 1 is 1.33 bits per heavy atom. The number of halogens is 2. The fraction of sp³-hybridized carbons (Fsp3) is 0.235. The lowest BCUT2D eigenvalue weighted by atomic mass is 9.99. The number of fused-ring (bicyclic) bond motifs is 1. The highest BCUT2D eigenvalue weighted by molar-refractivity contribution is 9.10. The lowest BCUT2D eigenvalue weighted by Gasteiger charge is -2.09. The molecule has 3 rings (SSSR count). The van der Waals surface area contributed by atoms with Crippen molar-refractivity contribution in [3.05, 3.63) is 62.9 Å². The number of hydrogen-bond donors (Lipinski definition) is 0. The molecule has 4 heteroatoms. The largest absolute Gasteiger partial charge is 0.493 e. The number of rotatable bonds is 3. The van der Waals surface area contributed by atoms with Gasteiger partial charge >= 0.3 is 0 Å². The summed E-state index contributed by atoms with van der Waals surface area (Å²) in [6, 6.07) is 8.51. The highest BCUT2D eigenvalue weighted by Crippen LogP contribution is 2.33. The lowest BCUT2D eigenvalue weighted by molar-refractivity contribution is 0.0991. The molecule has 0 fully saturated rings. The van der Waals surface area contributed by atoms with Crippen LogP contribution in [0, 0.1) is 12.7 Å². The Morgan fingerprint density at radius 3 is 2.90 bits per heavy atom. The summed E-state index contributed by atoms with van der Waals surface area (Å²) in [7, 11) is 0. The zero-order chi connectivity index (χ0) is 15.0. The first kappa shape index (κ1) is 14.3. The molecule has 0 atom stereocenters. The highest BCUT2D eigenvalue weighted by atomic mass is 79.9. The molecule has 0 N–H and O–H groups in total. The molecule has 2 aromatic rings. The maximum atomic E-state index is 13.6. The summed E-state index contributed by atoms with van der Waals surface area (Å²) in [6.45, 7) is 2.32. The van der Waals surface area contributed by atoms with Crippen molar-refractivity contribution in [2.24, 2.45) is 0 Å². The number of benzene rings is 2. The normalized spacial score (nSPS) is 12.9. The van der Waals surface area contributed by atoms with Crippen LogP contribution in [0.3, 0.4) is 0 Å². The minimum absolute atomic E-state index is 0.107. The van der Waals surface area contributed by atoms with E-state index in [-0.39, 0.29) is 18.0 Å². The smallest absolute Gasteiger partial charge is 0.167 e. The quantitative estimate of drug-likeness (QED) is 0.774. The van der Waals surface area contributed by atoms with Crippen LogP contribution in [0.2, 0.25) is 0 Å². The minimum Gasteiger partial charge on any atom is -0.493 e. The molecule has 1 aliphatic rings. The summed E-state index contributed by atoms with van der Waals surface area (Å²) in [5.74, 6) is 0.348. The Labute approximate surface area is 131 Å². The Hall–Kier alpha value is -1.68. The van der Waals surface area contributed by atoms with E-state index in [2.05, 4.69) is 15.9 Å². The maximum absolute atomic E-state index is 13.6. The van der Waals surface area contributed by atoms with E-state index in [9.17, 15) is 9.18 Å². The molecular formula is C17H14BrFO2. The molecule has 0 aliphatic carbocycles. The molecular weight excluding hydrogens is 335 g/mol. The molecule has 2 nitrogen and oxygen atoms in total. The molecule has 21 heavy (non-hydrogen) atoms. The van der Waals surface area contributed by atoms with Crippen LogP contribution in [-0.4, -0.2) is 12.4 Å². The second-order valence-corrected chi connectivity index (χ2v) is 6.13. The molecule has 1 heterocycles. The zero-order valence-corrected chi connectivity index (χ0v) is 13.2. The monoisotopic (exact) mass is 348 g/mol. The molecule has 0 aromatic heterocycles.